The Kier molecular flexibility index (Phi) is 5.74. The third-order valence-electron chi connectivity index (χ3n) is 4.92. The lowest BCUT2D eigenvalue weighted by Gasteiger charge is -2.24. The number of fused-ring (bicyclic) bond motifs is 1. The maximum absolute atomic E-state index is 12.6. The zero-order chi connectivity index (χ0) is 19.4. The first kappa shape index (κ1) is 18.9. The van der Waals surface area contributed by atoms with Gasteiger partial charge in [-0.05, 0) is 31.0 Å². The standard InChI is InChI=1S/C21H26N2O4/c1-14-9-15-7-5-6-8-17(15)23(14)13-21(24)22-12-16-10-19(26-3)20(27-4)11-18(16)25-2/h5-8,10-11,14H,9,12-13H2,1-4H3,(H,22,24)/t14-/m1/s1. The van der Waals surface area contributed by atoms with Gasteiger partial charge in [-0.25, -0.2) is 0 Å². The van der Waals surface area contributed by atoms with Crippen molar-refractivity contribution in [2.75, 3.05) is 32.8 Å². The Hall–Kier alpha value is -2.89. The van der Waals surface area contributed by atoms with E-state index in [-0.39, 0.29) is 5.91 Å². The molecular weight excluding hydrogens is 344 g/mol. The SMILES string of the molecule is COc1cc(OC)c(OC)cc1CNC(=O)CN1c2ccccc2C[C@H]1C. The molecule has 0 bridgehead atoms. The van der Waals surface area contributed by atoms with Gasteiger partial charge in [-0.15, -0.1) is 0 Å². The molecule has 0 saturated heterocycles. The van der Waals surface area contributed by atoms with E-state index in [1.54, 1.807) is 27.4 Å². The van der Waals surface area contributed by atoms with Crippen molar-refractivity contribution in [2.24, 2.45) is 0 Å². The van der Waals surface area contributed by atoms with Gasteiger partial charge in [0.25, 0.3) is 0 Å². The van der Waals surface area contributed by atoms with Crippen LogP contribution in [0.5, 0.6) is 17.2 Å². The predicted molar refractivity (Wildman–Crippen MR) is 105 cm³/mol. The second-order valence-electron chi connectivity index (χ2n) is 6.61. The number of carbonyl (C=O) groups is 1. The Morgan fingerprint density at radius 1 is 1.07 bits per heavy atom. The molecule has 2 aromatic rings. The molecule has 2 aromatic carbocycles. The van der Waals surface area contributed by atoms with E-state index in [0.29, 0.717) is 36.4 Å². The van der Waals surface area contributed by atoms with Crippen molar-refractivity contribution in [3.05, 3.63) is 47.5 Å². The lowest BCUT2D eigenvalue weighted by atomic mass is 10.1. The van der Waals surface area contributed by atoms with E-state index in [9.17, 15) is 4.79 Å². The Balaban J connectivity index is 1.68. The van der Waals surface area contributed by atoms with Gasteiger partial charge in [0, 0.05) is 29.9 Å². The van der Waals surface area contributed by atoms with Gasteiger partial charge in [0.15, 0.2) is 11.5 Å². The summed E-state index contributed by atoms with van der Waals surface area (Å²) in [5.41, 5.74) is 3.27. The molecule has 1 N–H and O–H groups in total. The van der Waals surface area contributed by atoms with Crippen LogP contribution in [-0.4, -0.2) is 39.8 Å². The zero-order valence-corrected chi connectivity index (χ0v) is 16.2. The summed E-state index contributed by atoms with van der Waals surface area (Å²) in [5.74, 6) is 1.81. The van der Waals surface area contributed by atoms with E-state index in [2.05, 4.69) is 29.3 Å². The Morgan fingerprint density at radius 3 is 2.44 bits per heavy atom. The van der Waals surface area contributed by atoms with Crippen LogP contribution in [0.1, 0.15) is 18.1 Å². The van der Waals surface area contributed by atoms with Crippen LogP contribution in [0.4, 0.5) is 5.69 Å². The van der Waals surface area contributed by atoms with Gasteiger partial charge in [0.2, 0.25) is 5.91 Å². The van der Waals surface area contributed by atoms with Crippen LogP contribution in [0.25, 0.3) is 0 Å². The first-order valence-electron chi connectivity index (χ1n) is 8.97. The van der Waals surface area contributed by atoms with Gasteiger partial charge in [-0.2, -0.15) is 0 Å². The third kappa shape index (κ3) is 3.94. The summed E-state index contributed by atoms with van der Waals surface area (Å²) in [6, 6.07) is 12.1. The summed E-state index contributed by atoms with van der Waals surface area (Å²) >= 11 is 0. The Labute approximate surface area is 160 Å². The van der Waals surface area contributed by atoms with Crippen LogP contribution >= 0.6 is 0 Å². The van der Waals surface area contributed by atoms with Gasteiger partial charge < -0.3 is 24.4 Å². The van der Waals surface area contributed by atoms with Crippen LogP contribution in [0.15, 0.2) is 36.4 Å². The summed E-state index contributed by atoms with van der Waals surface area (Å²) < 4.78 is 16.1. The second kappa shape index (κ2) is 8.20. The van der Waals surface area contributed by atoms with E-state index in [4.69, 9.17) is 14.2 Å². The Morgan fingerprint density at radius 2 is 1.74 bits per heavy atom. The normalized spacial score (nSPS) is 15.3. The molecule has 6 nitrogen and oxygen atoms in total. The first-order chi connectivity index (χ1) is 13.1. The summed E-state index contributed by atoms with van der Waals surface area (Å²) in [5, 5.41) is 2.98. The molecule has 0 aliphatic carbocycles. The molecule has 1 amide bonds. The second-order valence-corrected chi connectivity index (χ2v) is 6.61. The van der Waals surface area contributed by atoms with Crippen LogP contribution < -0.4 is 24.4 Å². The van der Waals surface area contributed by atoms with Crippen molar-refractivity contribution in [2.45, 2.75) is 25.9 Å². The molecule has 1 aliphatic heterocycles. The summed E-state index contributed by atoms with van der Waals surface area (Å²) in [4.78, 5) is 14.7. The third-order valence-corrected chi connectivity index (χ3v) is 4.92. The van der Waals surface area contributed by atoms with Gasteiger partial charge in [0.1, 0.15) is 5.75 Å². The number of carbonyl (C=O) groups excluding carboxylic acids is 1. The van der Waals surface area contributed by atoms with Crippen LogP contribution in [0.2, 0.25) is 0 Å². The minimum absolute atomic E-state index is 0.0320. The number of hydrogen-bond donors (Lipinski definition) is 1. The molecule has 0 fully saturated rings. The number of amides is 1. The van der Waals surface area contributed by atoms with E-state index in [0.717, 1.165) is 17.7 Å². The van der Waals surface area contributed by atoms with Crippen molar-refractivity contribution in [3.8, 4) is 17.2 Å². The largest absolute Gasteiger partial charge is 0.496 e. The molecular formula is C21H26N2O4. The molecule has 0 spiro atoms. The van der Waals surface area contributed by atoms with Crippen LogP contribution in [-0.2, 0) is 17.8 Å². The molecule has 144 valence electrons. The van der Waals surface area contributed by atoms with Crippen molar-refractivity contribution in [1.29, 1.82) is 0 Å². The molecule has 1 aliphatic rings. The maximum atomic E-state index is 12.6. The highest BCUT2D eigenvalue weighted by molar-refractivity contribution is 5.82. The molecule has 6 heteroatoms. The van der Waals surface area contributed by atoms with Crippen molar-refractivity contribution < 1.29 is 19.0 Å². The molecule has 0 unspecified atom stereocenters. The lowest BCUT2D eigenvalue weighted by Crippen LogP contribution is -2.39. The predicted octanol–water partition coefficient (Wildman–Crippen LogP) is 2.78. The Bertz CT molecular complexity index is 822. The number of nitrogens with zero attached hydrogens (tertiary/aromatic N) is 1. The number of hydrogen-bond acceptors (Lipinski definition) is 5. The molecule has 0 aromatic heterocycles. The van der Waals surface area contributed by atoms with Gasteiger partial charge in [-0.1, -0.05) is 18.2 Å². The van der Waals surface area contributed by atoms with Crippen LogP contribution in [0, 0.1) is 0 Å². The first-order valence-corrected chi connectivity index (χ1v) is 8.97. The minimum atomic E-state index is -0.0320. The molecule has 27 heavy (non-hydrogen) atoms. The monoisotopic (exact) mass is 370 g/mol. The average molecular weight is 370 g/mol. The van der Waals surface area contributed by atoms with Crippen molar-refractivity contribution in [1.82, 2.24) is 5.32 Å². The number of ether oxygens (including phenoxy) is 3. The summed E-state index contributed by atoms with van der Waals surface area (Å²) in [6.45, 7) is 2.82. The molecule has 0 saturated carbocycles. The summed E-state index contributed by atoms with van der Waals surface area (Å²) in [7, 11) is 4.75. The van der Waals surface area contributed by atoms with Crippen molar-refractivity contribution in [3.63, 3.8) is 0 Å². The highest BCUT2D eigenvalue weighted by Gasteiger charge is 2.27. The highest BCUT2D eigenvalue weighted by Crippen LogP contribution is 2.34. The number of anilines is 1. The molecule has 3 rings (SSSR count). The number of para-hydroxylation sites is 1. The van der Waals surface area contributed by atoms with Gasteiger partial charge in [-0.3, -0.25) is 4.79 Å². The van der Waals surface area contributed by atoms with Crippen LogP contribution in [0.3, 0.4) is 0 Å². The topological polar surface area (TPSA) is 60.0 Å². The fourth-order valence-corrected chi connectivity index (χ4v) is 3.51. The molecule has 1 atom stereocenters. The van der Waals surface area contributed by atoms with Gasteiger partial charge >= 0.3 is 0 Å². The lowest BCUT2D eigenvalue weighted by molar-refractivity contribution is -0.120. The van der Waals surface area contributed by atoms with Crippen molar-refractivity contribution >= 4 is 11.6 Å². The number of rotatable bonds is 7. The number of nitrogens with one attached hydrogen (secondary N) is 1. The maximum Gasteiger partial charge on any atom is 0.239 e. The summed E-state index contributed by atoms with van der Waals surface area (Å²) in [6.07, 6.45) is 0.965. The quantitative estimate of drug-likeness (QED) is 0.812. The fraction of sp³-hybridized carbons (Fsp3) is 0.381. The van der Waals surface area contributed by atoms with Gasteiger partial charge in [0.05, 0.1) is 27.9 Å². The molecule has 1 heterocycles. The number of methoxy groups -OCH3 is 3. The fourth-order valence-electron chi connectivity index (χ4n) is 3.51. The highest BCUT2D eigenvalue weighted by atomic mass is 16.5. The molecule has 0 radical (unpaired) electrons. The van der Waals surface area contributed by atoms with E-state index in [1.807, 2.05) is 18.2 Å². The minimum Gasteiger partial charge on any atom is -0.496 e. The average Bonchev–Trinajstić information content (AvgIpc) is 3.00. The number of benzene rings is 2. The van der Waals surface area contributed by atoms with E-state index >= 15 is 0 Å². The zero-order valence-electron chi connectivity index (χ0n) is 16.2. The van der Waals surface area contributed by atoms with E-state index in [1.165, 1.54) is 5.56 Å². The van der Waals surface area contributed by atoms with E-state index < -0.39 is 0 Å². The smallest absolute Gasteiger partial charge is 0.239 e.